The van der Waals surface area contributed by atoms with E-state index in [1.54, 1.807) is 12.3 Å². The molecule has 2 aliphatic rings. The Balaban J connectivity index is 1.62. The molecule has 29 heavy (non-hydrogen) atoms. The third-order valence-electron chi connectivity index (χ3n) is 6.18. The minimum Gasteiger partial charge on any atom is -0.381 e. The van der Waals surface area contributed by atoms with Gasteiger partial charge in [0.25, 0.3) is 0 Å². The second kappa shape index (κ2) is 7.86. The number of aromatic amines is 1. The molecule has 2 fully saturated rings. The average Bonchev–Trinajstić information content (AvgIpc) is 3.15. The van der Waals surface area contributed by atoms with E-state index in [9.17, 15) is 0 Å². The van der Waals surface area contributed by atoms with Gasteiger partial charge < -0.3 is 19.8 Å². The van der Waals surface area contributed by atoms with E-state index in [2.05, 4.69) is 15.3 Å². The molecule has 2 saturated heterocycles. The van der Waals surface area contributed by atoms with Crippen molar-refractivity contribution in [2.75, 3.05) is 33.0 Å². The van der Waals surface area contributed by atoms with E-state index < -0.39 is 0 Å². The first kappa shape index (κ1) is 18.7. The Hall–Kier alpha value is -2.28. The summed E-state index contributed by atoms with van der Waals surface area (Å²) in [6.45, 7) is 5.62. The molecule has 2 aliphatic heterocycles. The number of morpholine rings is 1. The third kappa shape index (κ3) is 3.56. The van der Waals surface area contributed by atoms with Crippen LogP contribution in [0.2, 0.25) is 0 Å². The number of benzene rings is 1. The summed E-state index contributed by atoms with van der Waals surface area (Å²) in [5.74, 6) is 0.125. The monoisotopic (exact) mass is 395 g/mol. The summed E-state index contributed by atoms with van der Waals surface area (Å²) in [6, 6.07) is 5.85. The lowest BCUT2D eigenvalue weighted by molar-refractivity contribution is 0.0739. The van der Waals surface area contributed by atoms with Crippen molar-refractivity contribution >= 4 is 11.0 Å². The maximum Gasteiger partial charge on any atom is 0.137 e. The topological polar surface area (TPSA) is 59.2 Å². The largest absolute Gasteiger partial charge is 0.381 e. The van der Waals surface area contributed by atoms with Crippen LogP contribution in [-0.2, 0) is 9.47 Å². The SMILES string of the molecule is Cc1c[nH]c2ncc(-c3cc(C4COCCN4)c(C4CCOCC4)cc3F)cc12. The highest BCUT2D eigenvalue weighted by Crippen LogP contribution is 2.37. The fourth-order valence-corrected chi connectivity index (χ4v) is 4.54. The van der Waals surface area contributed by atoms with Crippen molar-refractivity contribution in [1.29, 1.82) is 0 Å². The van der Waals surface area contributed by atoms with E-state index in [-0.39, 0.29) is 11.9 Å². The van der Waals surface area contributed by atoms with E-state index in [0.29, 0.717) is 24.7 Å². The van der Waals surface area contributed by atoms with Crippen molar-refractivity contribution in [3.63, 3.8) is 0 Å². The number of aromatic nitrogens is 2. The normalized spacial score (nSPS) is 21.0. The van der Waals surface area contributed by atoms with Gasteiger partial charge in [-0.15, -0.1) is 0 Å². The minimum absolute atomic E-state index is 0.0756. The van der Waals surface area contributed by atoms with Crippen LogP contribution < -0.4 is 5.32 Å². The molecule has 2 N–H and O–H groups in total. The van der Waals surface area contributed by atoms with E-state index in [4.69, 9.17) is 9.47 Å². The van der Waals surface area contributed by atoms with Gasteiger partial charge in [0.15, 0.2) is 0 Å². The molecular weight excluding hydrogens is 369 g/mol. The Labute approximate surface area is 169 Å². The molecule has 0 spiro atoms. The lowest BCUT2D eigenvalue weighted by Crippen LogP contribution is -2.35. The lowest BCUT2D eigenvalue weighted by Gasteiger charge is -2.31. The van der Waals surface area contributed by atoms with Crippen LogP contribution in [0.1, 0.15) is 41.5 Å². The van der Waals surface area contributed by atoms with Crippen LogP contribution in [0.5, 0.6) is 0 Å². The smallest absolute Gasteiger partial charge is 0.137 e. The van der Waals surface area contributed by atoms with Crippen LogP contribution in [-0.4, -0.2) is 42.9 Å². The number of nitrogens with zero attached hydrogens (tertiary/aromatic N) is 1. The van der Waals surface area contributed by atoms with Crippen molar-refractivity contribution < 1.29 is 13.9 Å². The fraction of sp³-hybridized carbons (Fsp3) is 0.435. The van der Waals surface area contributed by atoms with Gasteiger partial charge in [0, 0.05) is 48.7 Å². The van der Waals surface area contributed by atoms with Gasteiger partial charge >= 0.3 is 0 Å². The quantitative estimate of drug-likeness (QED) is 0.697. The van der Waals surface area contributed by atoms with Gasteiger partial charge in [0.2, 0.25) is 0 Å². The second-order valence-corrected chi connectivity index (χ2v) is 8.02. The van der Waals surface area contributed by atoms with Crippen molar-refractivity contribution in [1.82, 2.24) is 15.3 Å². The van der Waals surface area contributed by atoms with Gasteiger partial charge in [0.05, 0.1) is 19.3 Å². The number of H-pyrrole nitrogens is 1. The summed E-state index contributed by atoms with van der Waals surface area (Å²) in [4.78, 5) is 7.65. The van der Waals surface area contributed by atoms with Gasteiger partial charge in [-0.05, 0) is 60.6 Å². The maximum absolute atomic E-state index is 15.3. The Kier molecular flexibility index (Phi) is 5.08. The van der Waals surface area contributed by atoms with Crippen LogP contribution in [0.15, 0.2) is 30.6 Å². The molecule has 1 atom stereocenters. The van der Waals surface area contributed by atoms with E-state index in [1.165, 1.54) is 0 Å². The number of aryl methyl sites for hydroxylation is 1. The fourth-order valence-electron chi connectivity index (χ4n) is 4.54. The van der Waals surface area contributed by atoms with E-state index in [0.717, 1.165) is 65.9 Å². The molecule has 3 aromatic rings. The summed E-state index contributed by atoms with van der Waals surface area (Å²) in [5, 5.41) is 4.57. The highest BCUT2D eigenvalue weighted by Gasteiger charge is 2.26. The van der Waals surface area contributed by atoms with Crippen molar-refractivity contribution in [3.05, 3.63) is 53.1 Å². The first-order chi connectivity index (χ1) is 14.2. The number of hydrogen-bond acceptors (Lipinski definition) is 4. The molecule has 152 valence electrons. The van der Waals surface area contributed by atoms with Gasteiger partial charge in [-0.25, -0.2) is 9.37 Å². The molecule has 6 heteroatoms. The molecule has 0 radical (unpaired) electrons. The number of halogens is 1. The Bertz CT molecular complexity index is 1020. The maximum atomic E-state index is 15.3. The molecule has 0 saturated carbocycles. The highest BCUT2D eigenvalue weighted by molar-refractivity contribution is 5.84. The van der Waals surface area contributed by atoms with Crippen LogP contribution in [0.3, 0.4) is 0 Å². The zero-order valence-corrected chi connectivity index (χ0v) is 16.6. The molecule has 0 aliphatic carbocycles. The summed E-state index contributed by atoms with van der Waals surface area (Å²) in [7, 11) is 0. The average molecular weight is 395 g/mol. The lowest BCUT2D eigenvalue weighted by atomic mass is 9.84. The van der Waals surface area contributed by atoms with Gasteiger partial charge in [-0.1, -0.05) is 0 Å². The molecule has 4 heterocycles. The van der Waals surface area contributed by atoms with Crippen molar-refractivity contribution in [2.24, 2.45) is 0 Å². The minimum atomic E-state index is -0.193. The predicted molar refractivity (Wildman–Crippen MR) is 111 cm³/mol. The zero-order chi connectivity index (χ0) is 19.8. The Morgan fingerprint density at radius 3 is 2.72 bits per heavy atom. The molecule has 0 amide bonds. The number of nitrogens with one attached hydrogen (secondary N) is 2. The Morgan fingerprint density at radius 1 is 1.07 bits per heavy atom. The van der Waals surface area contributed by atoms with Crippen LogP contribution in [0.4, 0.5) is 4.39 Å². The zero-order valence-electron chi connectivity index (χ0n) is 16.6. The van der Waals surface area contributed by atoms with E-state index >= 15 is 4.39 Å². The molecule has 0 bridgehead atoms. The Morgan fingerprint density at radius 2 is 1.93 bits per heavy atom. The van der Waals surface area contributed by atoms with Crippen molar-refractivity contribution in [2.45, 2.75) is 31.7 Å². The number of hydrogen-bond donors (Lipinski definition) is 2. The van der Waals surface area contributed by atoms with E-state index in [1.807, 2.05) is 25.3 Å². The van der Waals surface area contributed by atoms with Gasteiger partial charge in [-0.3, -0.25) is 0 Å². The summed E-state index contributed by atoms with van der Waals surface area (Å²) in [5.41, 5.74) is 5.56. The number of ether oxygens (including phenoxy) is 2. The summed E-state index contributed by atoms with van der Waals surface area (Å²) >= 11 is 0. The number of pyridine rings is 1. The molecular formula is C23H26FN3O2. The number of fused-ring (bicyclic) bond motifs is 1. The van der Waals surface area contributed by atoms with Crippen LogP contribution in [0.25, 0.3) is 22.2 Å². The molecule has 1 unspecified atom stereocenters. The summed E-state index contributed by atoms with van der Waals surface area (Å²) < 4.78 is 26.6. The highest BCUT2D eigenvalue weighted by atomic mass is 19.1. The van der Waals surface area contributed by atoms with Crippen LogP contribution in [0, 0.1) is 12.7 Å². The first-order valence-electron chi connectivity index (χ1n) is 10.4. The number of rotatable bonds is 3. The van der Waals surface area contributed by atoms with Gasteiger partial charge in [-0.2, -0.15) is 0 Å². The van der Waals surface area contributed by atoms with Crippen molar-refractivity contribution in [3.8, 4) is 11.1 Å². The molecule has 1 aromatic carbocycles. The second-order valence-electron chi connectivity index (χ2n) is 8.02. The third-order valence-corrected chi connectivity index (χ3v) is 6.18. The van der Waals surface area contributed by atoms with Gasteiger partial charge in [0.1, 0.15) is 11.5 Å². The first-order valence-corrected chi connectivity index (χ1v) is 10.4. The molecule has 5 nitrogen and oxygen atoms in total. The standard InChI is InChI=1S/C23H26FN3O2/c1-14-11-26-23-17(14)8-16(12-27-23)19-9-20(22-13-29-7-4-25-22)18(10-21(19)24)15-2-5-28-6-3-15/h8-12,15,22,25H,2-7,13H2,1H3,(H,26,27). The summed E-state index contributed by atoms with van der Waals surface area (Å²) in [6.07, 6.45) is 5.53. The molecule has 2 aromatic heterocycles. The molecule has 5 rings (SSSR count). The predicted octanol–water partition coefficient (Wildman–Crippen LogP) is 4.23. The van der Waals surface area contributed by atoms with Crippen LogP contribution >= 0.6 is 0 Å².